The first-order valence-electron chi connectivity index (χ1n) is 6.37. The van der Waals surface area contributed by atoms with Gasteiger partial charge in [0, 0.05) is 12.2 Å². The first kappa shape index (κ1) is 13.4. The molecule has 0 heterocycles. The number of aliphatic hydroxyl groups is 1. The first-order valence-corrected chi connectivity index (χ1v) is 6.37. The summed E-state index contributed by atoms with van der Waals surface area (Å²) in [6.45, 7) is 2.15. The molecule has 4 heteroatoms. The molecule has 1 atom stereocenters. The third kappa shape index (κ3) is 3.96. The van der Waals surface area contributed by atoms with E-state index < -0.39 is 6.10 Å². The smallest absolute Gasteiger partial charge is 0.319 e. The summed E-state index contributed by atoms with van der Waals surface area (Å²) < 4.78 is 0. The van der Waals surface area contributed by atoms with E-state index in [4.69, 9.17) is 5.11 Å². The molecule has 3 N–H and O–H groups in total. The van der Waals surface area contributed by atoms with Crippen molar-refractivity contribution in [1.29, 1.82) is 0 Å². The predicted molar refractivity (Wildman–Crippen MR) is 77.3 cm³/mol. The molecule has 0 aliphatic heterocycles. The quantitative estimate of drug-likeness (QED) is 0.789. The summed E-state index contributed by atoms with van der Waals surface area (Å²) in [6, 6.07) is 13.5. The van der Waals surface area contributed by atoms with Gasteiger partial charge in [0.2, 0.25) is 0 Å². The van der Waals surface area contributed by atoms with Crippen LogP contribution in [0.3, 0.4) is 0 Å². The number of anilines is 1. The van der Waals surface area contributed by atoms with Crippen molar-refractivity contribution < 1.29 is 9.90 Å². The minimum atomic E-state index is -0.402. The van der Waals surface area contributed by atoms with E-state index in [1.807, 2.05) is 42.5 Å². The molecule has 0 aromatic heterocycles. The number of urea groups is 1. The molecule has 0 bridgehead atoms. The lowest BCUT2D eigenvalue weighted by Crippen LogP contribution is -2.30. The van der Waals surface area contributed by atoms with E-state index in [-0.39, 0.29) is 6.03 Å². The lowest BCUT2D eigenvalue weighted by atomic mass is 10.1. The summed E-state index contributed by atoms with van der Waals surface area (Å²) >= 11 is 0. The molecule has 0 fully saturated rings. The van der Waals surface area contributed by atoms with Gasteiger partial charge in [-0.1, -0.05) is 30.3 Å². The van der Waals surface area contributed by atoms with Crippen molar-refractivity contribution >= 4 is 22.5 Å². The number of aliphatic hydroxyl groups excluding tert-OH is 1. The molecule has 2 amide bonds. The first-order chi connectivity index (χ1) is 9.15. The van der Waals surface area contributed by atoms with Gasteiger partial charge in [-0.15, -0.1) is 0 Å². The highest BCUT2D eigenvalue weighted by molar-refractivity contribution is 5.93. The van der Waals surface area contributed by atoms with Gasteiger partial charge in [-0.25, -0.2) is 4.79 Å². The molecule has 19 heavy (non-hydrogen) atoms. The summed E-state index contributed by atoms with van der Waals surface area (Å²) in [5, 5.41) is 16.8. The van der Waals surface area contributed by atoms with Gasteiger partial charge in [-0.05, 0) is 36.2 Å². The highest BCUT2D eigenvalue weighted by atomic mass is 16.3. The number of hydrogen-bond acceptors (Lipinski definition) is 2. The molecule has 100 valence electrons. The zero-order valence-electron chi connectivity index (χ0n) is 10.9. The van der Waals surface area contributed by atoms with Gasteiger partial charge in [-0.2, -0.15) is 0 Å². The fourth-order valence-corrected chi connectivity index (χ4v) is 1.84. The van der Waals surface area contributed by atoms with Crippen LogP contribution in [0.1, 0.15) is 13.3 Å². The molecule has 0 spiro atoms. The van der Waals surface area contributed by atoms with Crippen LogP contribution in [0.15, 0.2) is 42.5 Å². The second-order valence-electron chi connectivity index (χ2n) is 4.58. The van der Waals surface area contributed by atoms with Gasteiger partial charge in [0.05, 0.1) is 6.10 Å². The Bertz CT molecular complexity index is 567. The molecular formula is C15H18N2O2. The second kappa shape index (κ2) is 6.20. The van der Waals surface area contributed by atoms with Crippen molar-refractivity contribution in [2.24, 2.45) is 0 Å². The van der Waals surface area contributed by atoms with E-state index in [9.17, 15) is 4.79 Å². The number of carbonyl (C=O) groups is 1. The molecule has 1 unspecified atom stereocenters. The summed E-state index contributed by atoms with van der Waals surface area (Å²) in [6.07, 6.45) is 0.145. The van der Waals surface area contributed by atoms with Crippen molar-refractivity contribution in [2.75, 3.05) is 11.9 Å². The summed E-state index contributed by atoms with van der Waals surface area (Å²) in [4.78, 5) is 11.6. The molecule has 0 aliphatic rings. The van der Waals surface area contributed by atoms with Gasteiger partial charge < -0.3 is 15.7 Å². The number of amides is 2. The fourth-order valence-electron chi connectivity index (χ4n) is 1.84. The Morgan fingerprint density at radius 3 is 2.68 bits per heavy atom. The van der Waals surface area contributed by atoms with Crippen LogP contribution in [0.25, 0.3) is 10.8 Å². The molecule has 0 radical (unpaired) electrons. The molecule has 0 saturated carbocycles. The summed E-state index contributed by atoms with van der Waals surface area (Å²) in [5.74, 6) is 0. The molecular weight excluding hydrogens is 240 g/mol. The van der Waals surface area contributed by atoms with Crippen LogP contribution < -0.4 is 10.6 Å². The van der Waals surface area contributed by atoms with Gasteiger partial charge >= 0.3 is 6.03 Å². The number of nitrogens with one attached hydrogen (secondary N) is 2. The average molecular weight is 258 g/mol. The Labute approximate surface area is 112 Å². The van der Waals surface area contributed by atoms with Gasteiger partial charge in [0.15, 0.2) is 0 Å². The van der Waals surface area contributed by atoms with Crippen LogP contribution >= 0.6 is 0 Å². The Hall–Kier alpha value is -2.07. The highest BCUT2D eigenvalue weighted by Crippen LogP contribution is 2.18. The van der Waals surface area contributed by atoms with Crippen LogP contribution in [-0.2, 0) is 0 Å². The van der Waals surface area contributed by atoms with E-state index >= 15 is 0 Å². The molecule has 0 aliphatic carbocycles. The third-order valence-electron chi connectivity index (χ3n) is 2.86. The van der Waals surface area contributed by atoms with Gasteiger partial charge in [0.25, 0.3) is 0 Å². The SMILES string of the molecule is CC(O)CCNC(=O)Nc1ccc2ccccc2c1. The van der Waals surface area contributed by atoms with Crippen LogP contribution in [-0.4, -0.2) is 23.8 Å². The largest absolute Gasteiger partial charge is 0.393 e. The molecule has 2 rings (SSSR count). The molecule has 2 aromatic carbocycles. The van der Waals surface area contributed by atoms with Crippen LogP contribution in [0, 0.1) is 0 Å². The maximum absolute atomic E-state index is 11.6. The van der Waals surface area contributed by atoms with E-state index in [0.717, 1.165) is 16.5 Å². The number of fused-ring (bicyclic) bond motifs is 1. The lowest BCUT2D eigenvalue weighted by Gasteiger charge is -2.09. The number of carbonyl (C=O) groups excluding carboxylic acids is 1. The maximum Gasteiger partial charge on any atom is 0.319 e. The molecule has 2 aromatic rings. The van der Waals surface area contributed by atoms with Gasteiger partial charge in [-0.3, -0.25) is 0 Å². The van der Waals surface area contributed by atoms with Crippen LogP contribution in [0.5, 0.6) is 0 Å². The Balaban J connectivity index is 1.95. The van der Waals surface area contributed by atoms with E-state index in [1.54, 1.807) is 6.92 Å². The zero-order valence-corrected chi connectivity index (χ0v) is 10.9. The summed E-state index contributed by atoms with van der Waals surface area (Å²) in [5.41, 5.74) is 0.758. The standard InChI is InChI=1S/C15H18N2O2/c1-11(18)8-9-16-15(19)17-14-7-6-12-4-2-3-5-13(12)10-14/h2-7,10-11,18H,8-9H2,1H3,(H2,16,17,19). The van der Waals surface area contributed by atoms with Crippen molar-refractivity contribution in [3.05, 3.63) is 42.5 Å². The monoisotopic (exact) mass is 258 g/mol. The number of benzene rings is 2. The normalized spacial score (nSPS) is 12.1. The van der Waals surface area contributed by atoms with Crippen molar-refractivity contribution in [2.45, 2.75) is 19.4 Å². The second-order valence-corrected chi connectivity index (χ2v) is 4.58. The number of rotatable bonds is 4. The van der Waals surface area contributed by atoms with E-state index in [2.05, 4.69) is 10.6 Å². The highest BCUT2D eigenvalue weighted by Gasteiger charge is 2.03. The van der Waals surface area contributed by atoms with E-state index in [0.29, 0.717) is 13.0 Å². The molecule has 4 nitrogen and oxygen atoms in total. The maximum atomic E-state index is 11.6. The fraction of sp³-hybridized carbons (Fsp3) is 0.267. The molecule has 0 saturated heterocycles. The van der Waals surface area contributed by atoms with Crippen molar-refractivity contribution in [3.8, 4) is 0 Å². The minimum Gasteiger partial charge on any atom is -0.393 e. The Morgan fingerprint density at radius 2 is 1.95 bits per heavy atom. The third-order valence-corrected chi connectivity index (χ3v) is 2.86. The lowest BCUT2D eigenvalue weighted by molar-refractivity contribution is 0.184. The van der Waals surface area contributed by atoms with Crippen LogP contribution in [0.4, 0.5) is 10.5 Å². The number of hydrogen-bond donors (Lipinski definition) is 3. The topological polar surface area (TPSA) is 61.4 Å². The zero-order chi connectivity index (χ0) is 13.7. The predicted octanol–water partition coefficient (Wildman–Crippen LogP) is 2.73. The van der Waals surface area contributed by atoms with E-state index in [1.165, 1.54) is 0 Å². The Kier molecular flexibility index (Phi) is 4.36. The van der Waals surface area contributed by atoms with Crippen LogP contribution in [0.2, 0.25) is 0 Å². The van der Waals surface area contributed by atoms with Crippen molar-refractivity contribution in [3.63, 3.8) is 0 Å². The average Bonchev–Trinajstić information content (AvgIpc) is 2.38. The summed E-state index contributed by atoms with van der Waals surface area (Å²) in [7, 11) is 0. The van der Waals surface area contributed by atoms with Crippen molar-refractivity contribution in [1.82, 2.24) is 5.32 Å². The minimum absolute atomic E-state index is 0.254. The van der Waals surface area contributed by atoms with Gasteiger partial charge in [0.1, 0.15) is 0 Å². The Morgan fingerprint density at radius 1 is 1.21 bits per heavy atom.